The third kappa shape index (κ3) is 2.95. The third-order valence-corrected chi connectivity index (χ3v) is 9.83. The highest BCUT2D eigenvalue weighted by molar-refractivity contribution is 5.77. The van der Waals surface area contributed by atoms with Gasteiger partial charge in [-0.25, -0.2) is 0 Å². The van der Waals surface area contributed by atoms with E-state index in [0.717, 1.165) is 50.3 Å². The SMILES string of the molecule is COc1cc2c(cc1OC)[C@H](C)N(CC1C(=O)O[C@@]34[C@H]1CC[C@@H](C)[C@@H]3CC[C@@]1(C)O[C@@H]41)CC2. The molecule has 2 saturated carbocycles. The number of nitrogens with zero attached hydrogens (tertiary/aromatic N) is 1. The molecule has 0 aromatic heterocycles. The second-order valence-corrected chi connectivity index (χ2v) is 11.3. The fraction of sp³-hybridized carbons (Fsp3) is 0.741. The molecule has 8 atom stereocenters. The van der Waals surface area contributed by atoms with Crippen molar-refractivity contribution in [3.63, 3.8) is 0 Å². The van der Waals surface area contributed by atoms with Crippen LogP contribution in [0, 0.1) is 23.7 Å². The fourth-order valence-electron chi connectivity index (χ4n) is 7.96. The Hall–Kier alpha value is -1.79. The molecule has 33 heavy (non-hydrogen) atoms. The predicted octanol–water partition coefficient (Wildman–Crippen LogP) is 4.15. The summed E-state index contributed by atoms with van der Waals surface area (Å²) in [5.74, 6) is 2.76. The van der Waals surface area contributed by atoms with Crippen LogP contribution in [0.5, 0.6) is 11.5 Å². The van der Waals surface area contributed by atoms with Gasteiger partial charge in [-0.1, -0.05) is 6.92 Å². The predicted molar refractivity (Wildman–Crippen MR) is 123 cm³/mol. The molecule has 0 amide bonds. The molecule has 0 N–H and O–H groups in total. The zero-order valence-electron chi connectivity index (χ0n) is 20.6. The van der Waals surface area contributed by atoms with Crippen LogP contribution in [-0.4, -0.2) is 55.5 Å². The van der Waals surface area contributed by atoms with Gasteiger partial charge in [-0.15, -0.1) is 0 Å². The average molecular weight is 456 g/mol. The number of benzene rings is 1. The molecule has 5 aliphatic rings. The smallest absolute Gasteiger partial charge is 0.311 e. The number of hydrogen-bond donors (Lipinski definition) is 0. The Morgan fingerprint density at radius 3 is 2.61 bits per heavy atom. The van der Waals surface area contributed by atoms with Gasteiger partial charge in [0.15, 0.2) is 11.5 Å². The van der Waals surface area contributed by atoms with Gasteiger partial charge < -0.3 is 18.9 Å². The van der Waals surface area contributed by atoms with Crippen LogP contribution in [0.25, 0.3) is 0 Å². The van der Waals surface area contributed by atoms with Crippen molar-refractivity contribution < 1.29 is 23.7 Å². The summed E-state index contributed by atoms with van der Waals surface area (Å²) in [4.78, 5) is 15.9. The first-order valence-electron chi connectivity index (χ1n) is 12.7. The summed E-state index contributed by atoms with van der Waals surface area (Å²) < 4.78 is 23.8. The van der Waals surface area contributed by atoms with Gasteiger partial charge >= 0.3 is 5.97 Å². The number of carbonyl (C=O) groups is 1. The van der Waals surface area contributed by atoms with Gasteiger partial charge in [-0.2, -0.15) is 0 Å². The number of carbonyl (C=O) groups excluding carboxylic acids is 1. The minimum absolute atomic E-state index is 0.00385. The molecule has 1 unspecified atom stereocenters. The zero-order chi connectivity index (χ0) is 23.1. The van der Waals surface area contributed by atoms with Gasteiger partial charge in [0.25, 0.3) is 0 Å². The normalized spacial score (nSPS) is 43.6. The molecular formula is C27H37NO5. The first-order chi connectivity index (χ1) is 15.8. The average Bonchev–Trinajstić information content (AvgIpc) is 3.43. The molecule has 1 spiro atoms. The third-order valence-electron chi connectivity index (χ3n) is 9.83. The van der Waals surface area contributed by atoms with Gasteiger partial charge in [0, 0.05) is 31.0 Å². The Bertz CT molecular complexity index is 980. The van der Waals surface area contributed by atoms with Gasteiger partial charge in [-0.05, 0) is 75.1 Å². The summed E-state index contributed by atoms with van der Waals surface area (Å²) in [7, 11) is 3.37. The van der Waals surface area contributed by atoms with Crippen LogP contribution in [0.2, 0.25) is 0 Å². The monoisotopic (exact) mass is 455 g/mol. The van der Waals surface area contributed by atoms with Gasteiger partial charge in [0.2, 0.25) is 0 Å². The molecule has 2 aliphatic carbocycles. The van der Waals surface area contributed by atoms with Crippen molar-refractivity contribution in [3.8, 4) is 11.5 Å². The summed E-state index contributed by atoms with van der Waals surface area (Å²) in [6.07, 6.45) is 5.48. The molecule has 1 aromatic carbocycles. The van der Waals surface area contributed by atoms with E-state index in [1.54, 1.807) is 14.2 Å². The van der Waals surface area contributed by atoms with Gasteiger partial charge in [0.05, 0.1) is 25.7 Å². The lowest BCUT2D eigenvalue weighted by Crippen LogP contribution is -2.58. The van der Waals surface area contributed by atoms with E-state index >= 15 is 0 Å². The molecule has 3 aliphatic heterocycles. The highest BCUT2D eigenvalue weighted by Gasteiger charge is 2.77. The van der Waals surface area contributed by atoms with E-state index in [-0.39, 0.29) is 35.6 Å². The van der Waals surface area contributed by atoms with Crippen LogP contribution < -0.4 is 9.47 Å². The minimum atomic E-state index is -0.403. The van der Waals surface area contributed by atoms with E-state index < -0.39 is 5.60 Å². The second-order valence-electron chi connectivity index (χ2n) is 11.3. The lowest BCUT2D eigenvalue weighted by Gasteiger charge is -2.50. The Balaban J connectivity index is 1.28. The van der Waals surface area contributed by atoms with Crippen molar-refractivity contribution in [2.75, 3.05) is 27.3 Å². The lowest BCUT2D eigenvalue weighted by molar-refractivity contribution is -0.168. The van der Waals surface area contributed by atoms with E-state index in [1.165, 1.54) is 17.5 Å². The van der Waals surface area contributed by atoms with E-state index in [1.807, 2.05) is 0 Å². The first kappa shape index (κ1) is 21.7. The van der Waals surface area contributed by atoms with Crippen LogP contribution in [-0.2, 0) is 20.7 Å². The molecule has 1 aromatic rings. The Morgan fingerprint density at radius 1 is 1.09 bits per heavy atom. The highest BCUT2D eigenvalue weighted by atomic mass is 16.7. The molecule has 6 nitrogen and oxygen atoms in total. The van der Waals surface area contributed by atoms with Crippen molar-refractivity contribution in [2.24, 2.45) is 23.7 Å². The summed E-state index contributed by atoms with van der Waals surface area (Å²) in [6.45, 7) is 8.49. The lowest BCUT2D eigenvalue weighted by atomic mass is 9.55. The molecule has 6 heteroatoms. The second kappa shape index (κ2) is 7.35. The number of ether oxygens (including phenoxy) is 4. The minimum Gasteiger partial charge on any atom is -0.493 e. The number of hydrogen-bond acceptors (Lipinski definition) is 6. The fourth-order valence-corrected chi connectivity index (χ4v) is 7.96. The van der Waals surface area contributed by atoms with Crippen molar-refractivity contribution >= 4 is 5.97 Å². The Labute approximate surface area is 196 Å². The molecule has 0 radical (unpaired) electrons. The maximum absolute atomic E-state index is 13.4. The van der Waals surface area contributed by atoms with E-state index in [2.05, 4.69) is 37.8 Å². The van der Waals surface area contributed by atoms with Crippen molar-refractivity contribution in [3.05, 3.63) is 23.3 Å². The Morgan fingerprint density at radius 2 is 1.85 bits per heavy atom. The molecule has 6 rings (SSSR count). The molecule has 4 fully saturated rings. The van der Waals surface area contributed by atoms with Crippen LogP contribution in [0.3, 0.4) is 0 Å². The number of fused-ring (bicyclic) bond motifs is 2. The molecule has 180 valence electrons. The van der Waals surface area contributed by atoms with Crippen molar-refractivity contribution in [2.45, 2.75) is 76.2 Å². The molecule has 0 bridgehead atoms. The van der Waals surface area contributed by atoms with Crippen LogP contribution in [0.15, 0.2) is 12.1 Å². The Kier molecular flexibility index (Phi) is 4.84. The summed E-state index contributed by atoms with van der Waals surface area (Å²) in [5, 5.41) is 0. The molecule has 3 heterocycles. The highest BCUT2D eigenvalue weighted by Crippen LogP contribution is 2.66. The summed E-state index contributed by atoms with van der Waals surface area (Å²) in [6, 6.07) is 4.44. The van der Waals surface area contributed by atoms with Gasteiger partial charge in [0.1, 0.15) is 11.7 Å². The zero-order valence-corrected chi connectivity index (χ0v) is 20.6. The van der Waals surface area contributed by atoms with Crippen LogP contribution in [0.1, 0.15) is 63.6 Å². The van der Waals surface area contributed by atoms with Crippen LogP contribution in [0.4, 0.5) is 0 Å². The summed E-state index contributed by atoms with van der Waals surface area (Å²) >= 11 is 0. The standard InChI is InChI=1S/C27H37NO5/c1-15-6-7-21-19(24(29)32-27(21)20(15)8-10-26(3)25(27)33-26)14-28-11-9-17-12-22(30-4)23(31-5)13-18(17)16(28)2/h12-13,15-16,19-21,25H,6-11,14H2,1-5H3/t15-,16+,19?,20+,21+,25-,26-,27-/m1/s1. The van der Waals surface area contributed by atoms with E-state index in [0.29, 0.717) is 11.8 Å². The maximum atomic E-state index is 13.4. The summed E-state index contributed by atoms with van der Waals surface area (Å²) in [5.41, 5.74) is 2.09. The van der Waals surface area contributed by atoms with Crippen molar-refractivity contribution in [1.29, 1.82) is 0 Å². The first-order valence-corrected chi connectivity index (χ1v) is 12.7. The van der Waals surface area contributed by atoms with Gasteiger partial charge in [-0.3, -0.25) is 9.69 Å². The van der Waals surface area contributed by atoms with E-state index in [9.17, 15) is 4.79 Å². The number of epoxide rings is 1. The topological polar surface area (TPSA) is 60.5 Å². The van der Waals surface area contributed by atoms with Crippen molar-refractivity contribution in [1.82, 2.24) is 4.90 Å². The quantitative estimate of drug-likeness (QED) is 0.502. The van der Waals surface area contributed by atoms with E-state index in [4.69, 9.17) is 18.9 Å². The number of methoxy groups -OCH3 is 2. The molecular weight excluding hydrogens is 418 g/mol. The molecule has 2 saturated heterocycles. The maximum Gasteiger partial charge on any atom is 0.311 e. The number of esters is 1. The largest absolute Gasteiger partial charge is 0.493 e. The van der Waals surface area contributed by atoms with Crippen LogP contribution >= 0.6 is 0 Å². The number of rotatable bonds is 4.